The number of benzene rings is 1. The van der Waals surface area contributed by atoms with Gasteiger partial charge in [-0.3, -0.25) is 4.79 Å². The zero-order valence-corrected chi connectivity index (χ0v) is 15.7. The fraction of sp³-hybridized carbons (Fsp3) is 0.389. The van der Waals surface area contributed by atoms with Gasteiger partial charge >= 0.3 is 0 Å². The lowest BCUT2D eigenvalue weighted by Gasteiger charge is -2.30. The van der Waals surface area contributed by atoms with Crippen molar-refractivity contribution in [2.45, 2.75) is 26.7 Å². The Morgan fingerprint density at radius 1 is 1.12 bits per heavy atom. The first-order chi connectivity index (χ1) is 11.9. The highest BCUT2D eigenvalue weighted by Crippen LogP contribution is 2.24. The van der Waals surface area contributed by atoms with Crippen molar-refractivity contribution < 1.29 is 4.79 Å². The second kappa shape index (κ2) is 7.58. The molecule has 7 heteroatoms. The fourth-order valence-corrected chi connectivity index (χ4v) is 3.37. The van der Waals surface area contributed by atoms with E-state index in [0.29, 0.717) is 27.4 Å². The first kappa shape index (κ1) is 18.0. The summed E-state index contributed by atoms with van der Waals surface area (Å²) in [5, 5.41) is 3.71. The molecular formula is C18H20Cl2N4O. The number of amides is 1. The minimum absolute atomic E-state index is 0.310. The quantitative estimate of drug-likeness (QED) is 0.848. The topological polar surface area (TPSA) is 58.1 Å². The van der Waals surface area contributed by atoms with Gasteiger partial charge in [0.1, 0.15) is 5.69 Å². The van der Waals surface area contributed by atoms with Crippen LogP contribution in [0.3, 0.4) is 0 Å². The van der Waals surface area contributed by atoms with Crippen LogP contribution in [0.25, 0.3) is 0 Å². The van der Waals surface area contributed by atoms with Crippen LogP contribution < -0.4 is 10.2 Å². The van der Waals surface area contributed by atoms with E-state index in [2.05, 4.69) is 27.1 Å². The molecule has 5 nitrogen and oxygen atoms in total. The van der Waals surface area contributed by atoms with Crippen molar-refractivity contribution in [1.29, 1.82) is 0 Å². The Balaban J connectivity index is 1.80. The van der Waals surface area contributed by atoms with E-state index < -0.39 is 0 Å². The summed E-state index contributed by atoms with van der Waals surface area (Å²) < 4.78 is 0. The molecule has 0 spiro atoms. The summed E-state index contributed by atoms with van der Waals surface area (Å²) in [6.07, 6.45) is 2.22. The van der Waals surface area contributed by atoms with E-state index >= 15 is 0 Å². The summed E-state index contributed by atoms with van der Waals surface area (Å²) >= 11 is 12.0. The molecule has 0 saturated carbocycles. The molecular weight excluding hydrogens is 359 g/mol. The number of carbonyl (C=O) groups excluding carboxylic acids is 1. The summed E-state index contributed by atoms with van der Waals surface area (Å²) in [5.74, 6) is 1.02. The summed E-state index contributed by atoms with van der Waals surface area (Å²) in [7, 11) is 0. The highest BCUT2D eigenvalue weighted by atomic mass is 35.5. The number of anilines is 2. The molecule has 1 aliphatic heterocycles. The molecule has 132 valence electrons. The van der Waals surface area contributed by atoms with E-state index in [-0.39, 0.29) is 5.91 Å². The number of hydrogen-bond acceptors (Lipinski definition) is 4. The van der Waals surface area contributed by atoms with E-state index in [0.717, 1.165) is 37.5 Å². The van der Waals surface area contributed by atoms with Crippen LogP contribution in [0.15, 0.2) is 24.3 Å². The SMILES string of the molecule is Cc1cc(C(=O)Nc2cc(Cl)cc(Cl)c2)nc(N2CCC(C)CC2)n1. The standard InChI is InChI=1S/C18H20Cl2N4O/c1-11-3-5-24(6-4-11)18-21-12(2)7-16(23-18)17(25)22-15-9-13(19)8-14(20)10-15/h7-11H,3-6H2,1-2H3,(H,22,25). The number of aromatic nitrogens is 2. The average Bonchev–Trinajstić information content (AvgIpc) is 2.54. The van der Waals surface area contributed by atoms with E-state index in [1.165, 1.54) is 0 Å². The number of carbonyl (C=O) groups is 1. The normalized spacial score (nSPS) is 15.3. The van der Waals surface area contributed by atoms with Crippen molar-refractivity contribution in [2.75, 3.05) is 23.3 Å². The monoisotopic (exact) mass is 378 g/mol. The second-order valence-electron chi connectivity index (χ2n) is 6.48. The Morgan fingerprint density at radius 2 is 1.76 bits per heavy atom. The predicted octanol–water partition coefficient (Wildman–Crippen LogP) is 4.58. The molecule has 1 N–H and O–H groups in total. The van der Waals surface area contributed by atoms with Crippen LogP contribution in [0.2, 0.25) is 10.0 Å². The molecule has 0 aliphatic carbocycles. The predicted molar refractivity (Wildman–Crippen MR) is 102 cm³/mol. The smallest absolute Gasteiger partial charge is 0.274 e. The molecule has 2 aromatic rings. The Hall–Kier alpha value is -1.85. The van der Waals surface area contributed by atoms with Crippen LogP contribution in [0.5, 0.6) is 0 Å². The summed E-state index contributed by atoms with van der Waals surface area (Å²) in [5.41, 5.74) is 1.63. The molecule has 25 heavy (non-hydrogen) atoms. The van der Waals surface area contributed by atoms with E-state index in [1.807, 2.05) is 6.92 Å². The lowest BCUT2D eigenvalue weighted by atomic mass is 10.00. The van der Waals surface area contributed by atoms with Crippen LogP contribution in [0.1, 0.15) is 35.9 Å². The summed E-state index contributed by atoms with van der Waals surface area (Å²) in [6.45, 7) is 5.94. The zero-order valence-electron chi connectivity index (χ0n) is 14.2. The molecule has 0 bridgehead atoms. The van der Waals surface area contributed by atoms with Crippen molar-refractivity contribution in [3.8, 4) is 0 Å². The maximum atomic E-state index is 12.6. The number of aryl methyl sites for hydroxylation is 1. The number of piperidine rings is 1. The van der Waals surface area contributed by atoms with Crippen LogP contribution >= 0.6 is 23.2 Å². The molecule has 1 aromatic heterocycles. The van der Waals surface area contributed by atoms with Gasteiger partial charge in [0.15, 0.2) is 0 Å². The molecule has 1 aromatic carbocycles. The first-order valence-electron chi connectivity index (χ1n) is 8.29. The van der Waals surface area contributed by atoms with E-state index in [1.54, 1.807) is 24.3 Å². The molecule has 1 saturated heterocycles. The minimum Gasteiger partial charge on any atom is -0.341 e. The van der Waals surface area contributed by atoms with E-state index in [4.69, 9.17) is 23.2 Å². The Labute approximate surface area is 157 Å². The summed E-state index contributed by atoms with van der Waals surface area (Å²) in [6, 6.07) is 6.58. The van der Waals surface area contributed by atoms with Gasteiger partial charge in [0.25, 0.3) is 5.91 Å². The van der Waals surface area contributed by atoms with Crippen molar-refractivity contribution in [3.05, 3.63) is 45.7 Å². The molecule has 0 unspecified atom stereocenters. The number of nitrogens with one attached hydrogen (secondary N) is 1. The average molecular weight is 379 g/mol. The molecule has 0 radical (unpaired) electrons. The van der Waals surface area contributed by atoms with Crippen molar-refractivity contribution >= 4 is 40.7 Å². The molecule has 1 fully saturated rings. The van der Waals surface area contributed by atoms with Crippen LogP contribution in [-0.4, -0.2) is 29.0 Å². The van der Waals surface area contributed by atoms with Gasteiger partial charge in [0.05, 0.1) is 0 Å². The Morgan fingerprint density at radius 3 is 2.40 bits per heavy atom. The molecule has 3 rings (SSSR count). The molecule has 2 heterocycles. The van der Waals surface area contributed by atoms with Gasteiger partial charge in [-0.1, -0.05) is 30.1 Å². The van der Waals surface area contributed by atoms with Crippen molar-refractivity contribution in [2.24, 2.45) is 5.92 Å². The van der Waals surface area contributed by atoms with Gasteiger partial charge in [-0.2, -0.15) is 0 Å². The maximum absolute atomic E-state index is 12.6. The third kappa shape index (κ3) is 4.61. The number of halogens is 2. The Kier molecular flexibility index (Phi) is 5.45. The van der Waals surface area contributed by atoms with Crippen LogP contribution in [0.4, 0.5) is 11.6 Å². The lowest BCUT2D eigenvalue weighted by molar-refractivity contribution is 0.102. The zero-order chi connectivity index (χ0) is 18.0. The van der Waals surface area contributed by atoms with Crippen LogP contribution in [0, 0.1) is 12.8 Å². The second-order valence-corrected chi connectivity index (χ2v) is 7.35. The van der Waals surface area contributed by atoms with Gasteiger partial charge in [0.2, 0.25) is 5.95 Å². The van der Waals surface area contributed by atoms with E-state index in [9.17, 15) is 4.79 Å². The Bertz CT molecular complexity index is 768. The third-order valence-electron chi connectivity index (χ3n) is 4.26. The first-order valence-corrected chi connectivity index (χ1v) is 9.04. The number of rotatable bonds is 3. The van der Waals surface area contributed by atoms with Crippen molar-refractivity contribution in [3.63, 3.8) is 0 Å². The molecule has 1 aliphatic rings. The largest absolute Gasteiger partial charge is 0.341 e. The molecule has 0 atom stereocenters. The maximum Gasteiger partial charge on any atom is 0.274 e. The van der Waals surface area contributed by atoms with Crippen LogP contribution in [-0.2, 0) is 0 Å². The van der Waals surface area contributed by atoms with Gasteiger partial charge in [0, 0.05) is 34.5 Å². The lowest BCUT2D eigenvalue weighted by Crippen LogP contribution is -2.34. The highest BCUT2D eigenvalue weighted by molar-refractivity contribution is 6.35. The van der Waals surface area contributed by atoms with Crippen molar-refractivity contribution in [1.82, 2.24) is 9.97 Å². The number of nitrogens with zero attached hydrogens (tertiary/aromatic N) is 3. The van der Waals surface area contributed by atoms with Gasteiger partial charge in [-0.15, -0.1) is 0 Å². The summed E-state index contributed by atoms with van der Waals surface area (Å²) in [4.78, 5) is 23.7. The minimum atomic E-state index is -0.310. The number of hydrogen-bond donors (Lipinski definition) is 1. The third-order valence-corrected chi connectivity index (χ3v) is 4.70. The highest BCUT2D eigenvalue weighted by Gasteiger charge is 2.20. The van der Waals surface area contributed by atoms with Gasteiger partial charge in [-0.05, 0) is 49.9 Å². The van der Waals surface area contributed by atoms with Gasteiger partial charge in [-0.25, -0.2) is 9.97 Å². The fourth-order valence-electron chi connectivity index (χ4n) is 2.84. The van der Waals surface area contributed by atoms with Gasteiger partial charge < -0.3 is 10.2 Å². The molecule has 1 amide bonds.